The Morgan fingerprint density at radius 2 is 1.92 bits per heavy atom. The van der Waals surface area contributed by atoms with Crippen LogP contribution in [0.4, 0.5) is 0 Å². The molecule has 1 nitrogen and oxygen atoms in total. The van der Waals surface area contributed by atoms with Crippen molar-refractivity contribution in [3.05, 3.63) is 0 Å². The molecule has 12 heavy (non-hydrogen) atoms. The zero-order chi connectivity index (χ0) is 9.40. The van der Waals surface area contributed by atoms with E-state index in [-0.39, 0.29) is 0 Å². The van der Waals surface area contributed by atoms with Crippen LogP contribution in [0.1, 0.15) is 39.5 Å². The zero-order valence-corrected chi connectivity index (χ0v) is 10.7. The van der Waals surface area contributed by atoms with E-state index in [0.29, 0.717) is 0 Å². The van der Waals surface area contributed by atoms with Crippen molar-refractivity contribution in [2.75, 3.05) is 11.5 Å². The van der Waals surface area contributed by atoms with Crippen molar-refractivity contribution in [3.63, 3.8) is 0 Å². The number of nitrogens with one attached hydrogen (secondary N) is 1. The van der Waals surface area contributed by atoms with Gasteiger partial charge in [-0.1, -0.05) is 49.3 Å². The first-order valence-electron chi connectivity index (χ1n) is 5.03. The van der Waals surface area contributed by atoms with Gasteiger partial charge < -0.3 is 5.32 Å². The Hall–Kier alpha value is 0.690. The maximum Gasteiger partial charge on any atom is 0.00923 e. The Bertz CT molecular complexity index is 83.8. The number of hydrogen-bond donors (Lipinski definition) is 1. The topological polar surface area (TPSA) is 12.0 Å². The highest BCUT2D eigenvalue weighted by atomic mass is 127. The van der Waals surface area contributed by atoms with Crippen molar-refractivity contribution in [3.8, 4) is 0 Å². The van der Waals surface area contributed by atoms with E-state index in [0.717, 1.165) is 12.0 Å². The molecule has 2 heteroatoms. The van der Waals surface area contributed by atoms with Gasteiger partial charge in [-0.15, -0.1) is 0 Å². The number of halogens is 1. The number of hydrogen-bond acceptors (Lipinski definition) is 1. The fourth-order valence-corrected chi connectivity index (χ4v) is 2.56. The summed E-state index contributed by atoms with van der Waals surface area (Å²) in [7, 11) is 2.09. The summed E-state index contributed by atoms with van der Waals surface area (Å²) in [5, 5.41) is 3.44. The predicted octanol–water partition coefficient (Wildman–Crippen LogP) is 3.23. The molecule has 0 spiro atoms. The quantitative estimate of drug-likeness (QED) is 0.559. The Balaban J connectivity index is 3.84. The predicted molar refractivity (Wildman–Crippen MR) is 65.0 cm³/mol. The van der Waals surface area contributed by atoms with E-state index < -0.39 is 0 Å². The molecule has 0 radical (unpaired) electrons. The van der Waals surface area contributed by atoms with Gasteiger partial charge in [0.2, 0.25) is 0 Å². The van der Waals surface area contributed by atoms with Crippen molar-refractivity contribution in [1.29, 1.82) is 0 Å². The third-order valence-electron chi connectivity index (χ3n) is 2.54. The summed E-state index contributed by atoms with van der Waals surface area (Å²) in [6, 6.07) is 0.745. The van der Waals surface area contributed by atoms with Crippen LogP contribution in [-0.4, -0.2) is 17.5 Å². The molecule has 0 aliphatic rings. The van der Waals surface area contributed by atoms with E-state index in [2.05, 4.69) is 48.8 Å². The molecule has 0 aromatic carbocycles. The third-order valence-corrected chi connectivity index (χ3v) is 3.17. The second-order valence-electron chi connectivity index (χ2n) is 3.33. The number of alkyl halides is 1. The van der Waals surface area contributed by atoms with Gasteiger partial charge in [-0.3, -0.25) is 0 Å². The van der Waals surface area contributed by atoms with Crippen molar-refractivity contribution < 1.29 is 0 Å². The average Bonchev–Trinajstić information content (AvgIpc) is 2.11. The van der Waals surface area contributed by atoms with Crippen molar-refractivity contribution in [1.82, 2.24) is 5.32 Å². The van der Waals surface area contributed by atoms with Crippen LogP contribution in [0.3, 0.4) is 0 Å². The van der Waals surface area contributed by atoms with Gasteiger partial charge in [-0.25, -0.2) is 0 Å². The Morgan fingerprint density at radius 1 is 1.25 bits per heavy atom. The summed E-state index contributed by atoms with van der Waals surface area (Å²) in [6.45, 7) is 4.57. The lowest BCUT2D eigenvalue weighted by atomic mass is 9.91. The summed E-state index contributed by atoms with van der Waals surface area (Å²) in [5.74, 6) is 0.881. The molecular weight excluding hydrogens is 261 g/mol. The van der Waals surface area contributed by atoms with Gasteiger partial charge >= 0.3 is 0 Å². The van der Waals surface area contributed by atoms with Crippen LogP contribution in [0.2, 0.25) is 0 Å². The molecule has 2 atom stereocenters. The van der Waals surface area contributed by atoms with Gasteiger partial charge in [-0.05, 0) is 30.2 Å². The van der Waals surface area contributed by atoms with Crippen molar-refractivity contribution in [2.45, 2.75) is 45.6 Å². The third kappa shape index (κ3) is 4.65. The summed E-state index contributed by atoms with van der Waals surface area (Å²) >= 11 is 2.48. The SMILES string of the molecule is CCCC(NC)C(CC)CCI. The van der Waals surface area contributed by atoms with Crippen molar-refractivity contribution in [2.24, 2.45) is 5.92 Å². The van der Waals surface area contributed by atoms with E-state index in [9.17, 15) is 0 Å². The van der Waals surface area contributed by atoms with Crippen LogP contribution in [0.25, 0.3) is 0 Å². The Labute approximate surface area is 90.8 Å². The van der Waals surface area contributed by atoms with Gasteiger partial charge in [0.25, 0.3) is 0 Å². The van der Waals surface area contributed by atoms with E-state index in [1.54, 1.807) is 0 Å². The smallest absolute Gasteiger partial charge is 0.00923 e. The largest absolute Gasteiger partial charge is 0.317 e. The lowest BCUT2D eigenvalue weighted by Crippen LogP contribution is -2.33. The maximum absolute atomic E-state index is 3.44. The highest BCUT2D eigenvalue weighted by Gasteiger charge is 2.15. The highest BCUT2D eigenvalue weighted by molar-refractivity contribution is 14.1. The molecule has 0 amide bonds. The standard InChI is InChI=1S/C10H22IN/c1-4-6-10(12-3)9(5-2)7-8-11/h9-10,12H,4-8H2,1-3H3. The first-order valence-corrected chi connectivity index (χ1v) is 6.55. The molecule has 0 fully saturated rings. The molecule has 74 valence electrons. The first kappa shape index (κ1) is 12.7. The monoisotopic (exact) mass is 283 g/mol. The Morgan fingerprint density at radius 3 is 2.25 bits per heavy atom. The van der Waals surface area contributed by atoms with Gasteiger partial charge in [0.1, 0.15) is 0 Å². The maximum atomic E-state index is 3.44. The minimum Gasteiger partial charge on any atom is -0.317 e. The zero-order valence-electron chi connectivity index (χ0n) is 8.57. The molecule has 2 unspecified atom stereocenters. The summed E-state index contributed by atoms with van der Waals surface area (Å²) in [6.07, 6.45) is 5.30. The molecule has 1 N–H and O–H groups in total. The molecule has 0 aliphatic heterocycles. The number of rotatable bonds is 7. The van der Waals surface area contributed by atoms with Crippen LogP contribution in [0.15, 0.2) is 0 Å². The van der Waals surface area contributed by atoms with Gasteiger partial charge in [0.15, 0.2) is 0 Å². The molecule has 0 aliphatic carbocycles. The van der Waals surface area contributed by atoms with Crippen LogP contribution in [-0.2, 0) is 0 Å². The fraction of sp³-hybridized carbons (Fsp3) is 1.00. The molecule has 0 saturated heterocycles. The van der Waals surface area contributed by atoms with Crippen LogP contribution in [0.5, 0.6) is 0 Å². The van der Waals surface area contributed by atoms with Crippen molar-refractivity contribution >= 4 is 22.6 Å². The van der Waals surface area contributed by atoms with Crippen LogP contribution in [0, 0.1) is 5.92 Å². The Kier molecular flexibility index (Phi) is 8.77. The normalized spacial score (nSPS) is 16.0. The fourth-order valence-electron chi connectivity index (χ4n) is 1.76. The van der Waals surface area contributed by atoms with Crippen LogP contribution >= 0.6 is 22.6 Å². The highest BCUT2D eigenvalue weighted by Crippen LogP contribution is 2.18. The molecule has 0 saturated carbocycles. The summed E-state index contributed by atoms with van der Waals surface area (Å²) in [4.78, 5) is 0. The van der Waals surface area contributed by atoms with E-state index in [1.807, 2.05) is 0 Å². The van der Waals surface area contributed by atoms with Gasteiger partial charge in [0.05, 0.1) is 0 Å². The van der Waals surface area contributed by atoms with E-state index in [1.165, 1.54) is 30.1 Å². The molecular formula is C10H22IN. The lowest BCUT2D eigenvalue weighted by Gasteiger charge is -2.24. The van der Waals surface area contributed by atoms with Crippen LogP contribution < -0.4 is 5.32 Å². The minimum atomic E-state index is 0.745. The van der Waals surface area contributed by atoms with Gasteiger partial charge in [-0.2, -0.15) is 0 Å². The van der Waals surface area contributed by atoms with E-state index in [4.69, 9.17) is 0 Å². The summed E-state index contributed by atoms with van der Waals surface area (Å²) in [5.41, 5.74) is 0. The molecule has 0 rings (SSSR count). The molecule has 0 aromatic heterocycles. The second-order valence-corrected chi connectivity index (χ2v) is 4.41. The average molecular weight is 283 g/mol. The minimum absolute atomic E-state index is 0.745. The molecule has 0 bridgehead atoms. The second kappa shape index (κ2) is 8.30. The summed E-state index contributed by atoms with van der Waals surface area (Å²) < 4.78 is 1.29. The van der Waals surface area contributed by atoms with E-state index >= 15 is 0 Å². The molecule has 0 aromatic rings. The van der Waals surface area contributed by atoms with Gasteiger partial charge in [0, 0.05) is 6.04 Å². The lowest BCUT2D eigenvalue weighted by molar-refractivity contribution is 0.335. The first-order chi connectivity index (χ1) is 5.79. The molecule has 0 heterocycles.